The second-order valence-corrected chi connectivity index (χ2v) is 5.56. The third kappa shape index (κ3) is 3.31. The molecule has 0 radical (unpaired) electrons. The van der Waals surface area contributed by atoms with Crippen molar-refractivity contribution >= 4 is 5.91 Å². The summed E-state index contributed by atoms with van der Waals surface area (Å²) in [5.41, 5.74) is 3.59. The van der Waals surface area contributed by atoms with E-state index in [-0.39, 0.29) is 11.9 Å². The number of carbonyl (C=O) groups is 1. The Morgan fingerprint density at radius 3 is 2.48 bits per heavy atom. The van der Waals surface area contributed by atoms with E-state index in [0.717, 1.165) is 22.6 Å². The molecule has 0 saturated carbocycles. The Morgan fingerprint density at radius 2 is 1.78 bits per heavy atom. The van der Waals surface area contributed by atoms with E-state index >= 15 is 0 Å². The number of benzene rings is 2. The molecule has 1 aromatic heterocycles. The van der Waals surface area contributed by atoms with Crippen molar-refractivity contribution in [2.45, 2.75) is 19.9 Å². The number of nitrogens with zero attached hydrogens (tertiary/aromatic N) is 1. The predicted molar refractivity (Wildman–Crippen MR) is 91.1 cm³/mol. The van der Waals surface area contributed by atoms with Gasteiger partial charge in [0.15, 0.2) is 0 Å². The molecule has 23 heavy (non-hydrogen) atoms. The van der Waals surface area contributed by atoms with E-state index in [1.54, 1.807) is 6.20 Å². The topological polar surface area (TPSA) is 57.8 Å². The first kappa shape index (κ1) is 15.0. The summed E-state index contributed by atoms with van der Waals surface area (Å²) >= 11 is 0. The van der Waals surface area contributed by atoms with E-state index in [0.29, 0.717) is 5.56 Å². The molecule has 0 saturated heterocycles. The first-order valence-electron chi connectivity index (χ1n) is 7.62. The molecule has 4 heteroatoms. The highest BCUT2D eigenvalue weighted by Crippen LogP contribution is 2.23. The van der Waals surface area contributed by atoms with Crippen molar-refractivity contribution in [2.75, 3.05) is 0 Å². The Balaban J connectivity index is 1.86. The van der Waals surface area contributed by atoms with Crippen molar-refractivity contribution in [2.24, 2.45) is 0 Å². The quantitative estimate of drug-likeness (QED) is 0.768. The van der Waals surface area contributed by atoms with Crippen LogP contribution >= 0.6 is 0 Å². The summed E-state index contributed by atoms with van der Waals surface area (Å²) in [6.07, 6.45) is 1.76. The monoisotopic (exact) mass is 305 g/mol. The minimum absolute atomic E-state index is 0.106. The first-order valence-corrected chi connectivity index (χ1v) is 7.62. The second-order valence-electron chi connectivity index (χ2n) is 5.56. The highest BCUT2D eigenvalue weighted by molar-refractivity contribution is 6.01. The smallest absolute Gasteiger partial charge is 0.252 e. The van der Waals surface area contributed by atoms with Gasteiger partial charge < -0.3 is 10.3 Å². The van der Waals surface area contributed by atoms with Crippen molar-refractivity contribution in [3.05, 3.63) is 77.9 Å². The van der Waals surface area contributed by atoms with Gasteiger partial charge in [-0.05, 0) is 31.0 Å². The first-order chi connectivity index (χ1) is 11.1. The van der Waals surface area contributed by atoms with Gasteiger partial charge in [-0.1, -0.05) is 48.5 Å². The molecule has 0 aliphatic carbocycles. The Bertz CT molecular complexity index is 808. The summed E-state index contributed by atoms with van der Waals surface area (Å²) in [7, 11) is 0. The molecule has 0 fully saturated rings. The number of hydrogen-bond acceptors (Lipinski definition) is 2. The van der Waals surface area contributed by atoms with Crippen LogP contribution in [-0.2, 0) is 0 Å². The van der Waals surface area contributed by atoms with Crippen LogP contribution in [0.5, 0.6) is 0 Å². The van der Waals surface area contributed by atoms with Crippen LogP contribution in [0.1, 0.15) is 34.8 Å². The van der Waals surface area contributed by atoms with E-state index in [1.165, 1.54) is 0 Å². The van der Waals surface area contributed by atoms with Gasteiger partial charge in [0.25, 0.3) is 5.91 Å². The number of carbonyl (C=O) groups excluding carboxylic acids is 1. The third-order valence-electron chi connectivity index (χ3n) is 3.74. The molecule has 116 valence electrons. The zero-order valence-electron chi connectivity index (χ0n) is 13.2. The van der Waals surface area contributed by atoms with Gasteiger partial charge in [-0.15, -0.1) is 0 Å². The normalized spacial score (nSPS) is 11.9. The van der Waals surface area contributed by atoms with Crippen LogP contribution in [0.3, 0.4) is 0 Å². The molecule has 0 aliphatic rings. The van der Waals surface area contributed by atoms with Gasteiger partial charge in [-0.3, -0.25) is 4.79 Å². The van der Waals surface area contributed by atoms with Crippen molar-refractivity contribution in [3.8, 4) is 11.1 Å². The molecule has 2 N–H and O–H groups in total. The minimum atomic E-state index is -0.181. The summed E-state index contributed by atoms with van der Waals surface area (Å²) in [4.78, 5) is 20.1. The maximum absolute atomic E-state index is 12.7. The third-order valence-corrected chi connectivity index (χ3v) is 3.74. The largest absolute Gasteiger partial charge is 0.344 e. The molecule has 4 nitrogen and oxygen atoms in total. The lowest BCUT2D eigenvalue weighted by atomic mass is 9.99. The average Bonchev–Trinajstić information content (AvgIpc) is 3.02. The molecular formula is C19H19N3O. The summed E-state index contributed by atoms with van der Waals surface area (Å²) in [6, 6.07) is 17.4. The van der Waals surface area contributed by atoms with Gasteiger partial charge in [0.2, 0.25) is 0 Å². The molecule has 2 aromatic carbocycles. The number of H-pyrrole nitrogens is 1. The molecule has 1 heterocycles. The average molecular weight is 305 g/mol. The van der Waals surface area contributed by atoms with Crippen LogP contribution in [-0.4, -0.2) is 15.9 Å². The van der Waals surface area contributed by atoms with Crippen molar-refractivity contribution in [1.82, 2.24) is 15.3 Å². The van der Waals surface area contributed by atoms with Crippen molar-refractivity contribution in [3.63, 3.8) is 0 Å². The van der Waals surface area contributed by atoms with Gasteiger partial charge in [0, 0.05) is 17.5 Å². The van der Waals surface area contributed by atoms with Crippen molar-refractivity contribution < 1.29 is 4.79 Å². The van der Waals surface area contributed by atoms with E-state index in [2.05, 4.69) is 15.3 Å². The van der Waals surface area contributed by atoms with Crippen LogP contribution in [0.15, 0.2) is 60.8 Å². The molecule has 0 bridgehead atoms. The number of aromatic amines is 1. The predicted octanol–water partition coefficient (Wildman–Crippen LogP) is 3.88. The van der Waals surface area contributed by atoms with Crippen LogP contribution < -0.4 is 5.32 Å². The van der Waals surface area contributed by atoms with Crippen molar-refractivity contribution in [1.29, 1.82) is 0 Å². The highest BCUT2D eigenvalue weighted by Gasteiger charge is 2.16. The lowest BCUT2D eigenvalue weighted by molar-refractivity contribution is 0.0939. The van der Waals surface area contributed by atoms with Gasteiger partial charge in [-0.2, -0.15) is 0 Å². The zero-order valence-corrected chi connectivity index (χ0v) is 13.2. The summed E-state index contributed by atoms with van der Waals surface area (Å²) in [6.45, 7) is 3.86. The van der Waals surface area contributed by atoms with Gasteiger partial charge >= 0.3 is 0 Å². The number of aromatic nitrogens is 2. The van der Waals surface area contributed by atoms with Crippen LogP contribution in [0.25, 0.3) is 11.1 Å². The highest BCUT2D eigenvalue weighted by atomic mass is 16.1. The Morgan fingerprint density at radius 1 is 1.09 bits per heavy atom. The SMILES string of the molecule is Cc1cnc([C@H](C)NC(=O)c2ccccc2-c2ccccc2)[nH]1. The molecule has 1 atom stereocenters. The molecule has 0 unspecified atom stereocenters. The molecule has 0 spiro atoms. The lowest BCUT2D eigenvalue weighted by Gasteiger charge is -2.14. The maximum Gasteiger partial charge on any atom is 0.252 e. The Kier molecular flexibility index (Phi) is 4.24. The fourth-order valence-electron chi connectivity index (χ4n) is 2.55. The standard InChI is InChI=1S/C19H19N3O/c1-13-12-20-18(21-13)14(2)22-19(23)17-11-7-6-10-16(17)15-8-4-3-5-9-15/h3-12,14H,1-2H3,(H,20,21)(H,22,23)/t14-/m0/s1. The van der Waals surface area contributed by atoms with E-state index < -0.39 is 0 Å². The molecule has 1 amide bonds. The molecular weight excluding hydrogens is 286 g/mol. The van der Waals surface area contributed by atoms with Gasteiger partial charge in [0.1, 0.15) is 5.82 Å². The van der Waals surface area contributed by atoms with E-state index in [1.807, 2.05) is 68.4 Å². The number of nitrogens with one attached hydrogen (secondary N) is 2. The molecule has 3 rings (SSSR count). The maximum atomic E-state index is 12.7. The molecule has 3 aromatic rings. The Labute approximate surface area is 135 Å². The number of hydrogen-bond donors (Lipinski definition) is 2. The van der Waals surface area contributed by atoms with E-state index in [9.17, 15) is 4.79 Å². The number of amides is 1. The van der Waals surface area contributed by atoms with E-state index in [4.69, 9.17) is 0 Å². The second kappa shape index (κ2) is 6.48. The zero-order chi connectivity index (χ0) is 16.2. The van der Waals surface area contributed by atoms with Crippen LogP contribution in [0, 0.1) is 6.92 Å². The number of aryl methyl sites for hydroxylation is 1. The Hall–Kier alpha value is -2.88. The summed E-state index contributed by atoms with van der Waals surface area (Å²) < 4.78 is 0. The summed E-state index contributed by atoms with van der Waals surface area (Å²) in [5.74, 6) is 0.652. The number of imidazole rings is 1. The molecule has 0 aliphatic heterocycles. The fourth-order valence-corrected chi connectivity index (χ4v) is 2.55. The minimum Gasteiger partial charge on any atom is -0.344 e. The fraction of sp³-hybridized carbons (Fsp3) is 0.158. The van der Waals surface area contributed by atoms with Gasteiger partial charge in [0.05, 0.1) is 6.04 Å². The lowest BCUT2D eigenvalue weighted by Crippen LogP contribution is -2.27. The number of rotatable bonds is 4. The summed E-state index contributed by atoms with van der Waals surface area (Å²) in [5, 5.41) is 3.00. The van der Waals surface area contributed by atoms with Crippen LogP contribution in [0.2, 0.25) is 0 Å². The van der Waals surface area contributed by atoms with Crippen LogP contribution in [0.4, 0.5) is 0 Å². The van der Waals surface area contributed by atoms with Gasteiger partial charge in [-0.25, -0.2) is 4.98 Å².